The molecule has 0 aromatic heterocycles. The summed E-state index contributed by atoms with van der Waals surface area (Å²) in [6, 6.07) is 0. The SMILES string of the molecule is COC1=C(OC)[C@@H]([C@@H](O)CBr)OC1=O. The molecule has 6 heteroatoms. The van der Waals surface area contributed by atoms with Crippen LogP contribution in [0.25, 0.3) is 0 Å². The molecular formula is C8H11BrO5. The van der Waals surface area contributed by atoms with Crippen LogP contribution in [0.15, 0.2) is 11.5 Å². The van der Waals surface area contributed by atoms with Gasteiger partial charge in [0.2, 0.25) is 5.76 Å². The van der Waals surface area contributed by atoms with E-state index in [-0.39, 0.29) is 16.8 Å². The van der Waals surface area contributed by atoms with Crippen LogP contribution in [-0.2, 0) is 19.0 Å². The Morgan fingerprint density at radius 3 is 2.64 bits per heavy atom. The van der Waals surface area contributed by atoms with Crippen molar-refractivity contribution in [1.82, 2.24) is 0 Å². The van der Waals surface area contributed by atoms with E-state index < -0.39 is 18.2 Å². The molecule has 0 bridgehead atoms. The Morgan fingerprint density at radius 2 is 2.21 bits per heavy atom. The number of halogens is 1. The number of carbonyl (C=O) groups excluding carboxylic acids is 1. The fourth-order valence-electron chi connectivity index (χ4n) is 1.18. The minimum absolute atomic E-state index is 0.0116. The molecule has 0 unspecified atom stereocenters. The molecule has 1 aliphatic rings. The van der Waals surface area contributed by atoms with Crippen LogP contribution in [0.1, 0.15) is 0 Å². The predicted molar refractivity (Wildman–Crippen MR) is 50.7 cm³/mol. The van der Waals surface area contributed by atoms with Gasteiger partial charge in [0, 0.05) is 5.33 Å². The first kappa shape index (κ1) is 11.3. The lowest BCUT2D eigenvalue weighted by molar-refractivity contribution is -0.146. The summed E-state index contributed by atoms with van der Waals surface area (Å²) in [4.78, 5) is 11.2. The topological polar surface area (TPSA) is 65.0 Å². The number of aliphatic hydroxyl groups is 1. The molecule has 0 amide bonds. The van der Waals surface area contributed by atoms with E-state index >= 15 is 0 Å². The molecule has 0 fully saturated rings. The van der Waals surface area contributed by atoms with Crippen molar-refractivity contribution in [1.29, 1.82) is 0 Å². The molecule has 5 nitrogen and oxygen atoms in total. The molecule has 0 radical (unpaired) electrons. The highest BCUT2D eigenvalue weighted by Crippen LogP contribution is 2.26. The number of methoxy groups -OCH3 is 2. The number of carbonyl (C=O) groups is 1. The first-order valence-electron chi connectivity index (χ1n) is 3.92. The predicted octanol–water partition coefficient (Wildman–Crippen LogP) is 0.172. The van der Waals surface area contributed by atoms with Crippen molar-refractivity contribution >= 4 is 21.9 Å². The zero-order chi connectivity index (χ0) is 10.7. The molecular weight excluding hydrogens is 256 g/mol. The average Bonchev–Trinajstić information content (AvgIpc) is 2.53. The molecule has 1 aliphatic heterocycles. The normalized spacial score (nSPS) is 23.4. The molecule has 1 N–H and O–H groups in total. The second-order valence-electron chi connectivity index (χ2n) is 2.65. The van der Waals surface area contributed by atoms with Gasteiger partial charge >= 0.3 is 5.97 Å². The average molecular weight is 267 g/mol. The fourth-order valence-corrected chi connectivity index (χ4v) is 1.52. The minimum atomic E-state index is -0.846. The van der Waals surface area contributed by atoms with Gasteiger partial charge in [-0.2, -0.15) is 0 Å². The van der Waals surface area contributed by atoms with Gasteiger partial charge in [-0.15, -0.1) is 0 Å². The van der Waals surface area contributed by atoms with Crippen molar-refractivity contribution in [2.24, 2.45) is 0 Å². The molecule has 0 aliphatic carbocycles. The van der Waals surface area contributed by atoms with E-state index in [0.717, 1.165) is 0 Å². The van der Waals surface area contributed by atoms with E-state index in [2.05, 4.69) is 15.9 Å². The Morgan fingerprint density at radius 1 is 1.57 bits per heavy atom. The molecule has 14 heavy (non-hydrogen) atoms. The zero-order valence-electron chi connectivity index (χ0n) is 7.82. The van der Waals surface area contributed by atoms with Crippen LogP contribution >= 0.6 is 15.9 Å². The first-order valence-corrected chi connectivity index (χ1v) is 5.05. The largest absolute Gasteiger partial charge is 0.493 e. The Bertz CT molecular complexity index is 262. The summed E-state index contributed by atoms with van der Waals surface area (Å²) in [5.41, 5.74) is 0. The van der Waals surface area contributed by atoms with Gasteiger partial charge in [0.15, 0.2) is 11.9 Å². The molecule has 0 aromatic rings. The number of ether oxygens (including phenoxy) is 3. The standard InChI is InChI=1S/C8H11BrO5/c1-12-6-5(4(10)3-9)14-8(11)7(6)13-2/h4-5,10H,3H2,1-2H3/t4-,5+/m0/s1. The second kappa shape index (κ2) is 4.65. The van der Waals surface area contributed by atoms with Gasteiger partial charge in [0.25, 0.3) is 0 Å². The van der Waals surface area contributed by atoms with Crippen molar-refractivity contribution in [3.8, 4) is 0 Å². The quantitative estimate of drug-likeness (QED) is 0.581. The molecule has 80 valence electrons. The third-order valence-electron chi connectivity index (χ3n) is 1.83. The number of hydrogen-bond donors (Lipinski definition) is 1. The highest BCUT2D eigenvalue weighted by atomic mass is 79.9. The molecule has 0 saturated heterocycles. The fraction of sp³-hybridized carbons (Fsp3) is 0.625. The minimum Gasteiger partial charge on any atom is -0.493 e. The highest BCUT2D eigenvalue weighted by molar-refractivity contribution is 9.09. The number of hydrogen-bond acceptors (Lipinski definition) is 5. The van der Waals surface area contributed by atoms with Crippen molar-refractivity contribution in [2.45, 2.75) is 12.2 Å². The van der Waals surface area contributed by atoms with Crippen LogP contribution in [0.5, 0.6) is 0 Å². The van der Waals surface area contributed by atoms with Crippen LogP contribution in [0, 0.1) is 0 Å². The smallest absolute Gasteiger partial charge is 0.378 e. The third-order valence-corrected chi connectivity index (χ3v) is 2.50. The van der Waals surface area contributed by atoms with E-state index in [0.29, 0.717) is 0 Å². The molecule has 0 saturated carbocycles. The summed E-state index contributed by atoms with van der Waals surface area (Å²) in [6.45, 7) is 0. The van der Waals surface area contributed by atoms with Crippen LogP contribution in [0.4, 0.5) is 0 Å². The summed E-state index contributed by atoms with van der Waals surface area (Å²) in [6.07, 6.45) is -1.64. The van der Waals surface area contributed by atoms with E-state index in [1.54, 1.807) is 0 Å². The Hall–Kier alpha value is -0.750. The van der Waals surface area contributed by atoms with Crippen molar-refractivity contribution < 1.29 is 24.1 Å². The molecule has 1 heterocycles. The van der Waals surface area contributed by atoms with Crippen molar-refractivity contribution in [3.05, 3.63) is 11.5 Å². The number of aliphatic hydroxyl groups excluding tert-OH is 1. The van der Waals surface area contributed by atoms with Gasteiger partial charge < -0.3 is 19.3 Å². The van der Waals surface area contributed by atoms with E-state index in [9.17, 15) is 9.90 Å². The first-order chi connectivity index (χ1) is 6.65. The summed E-state index contributed by atoms with van der Waals surface area (Å²) in [5, 5.41) is 9.78. The van der Waals surface area contributed by atoms with E-state index in [1.165, 1.54) is 14.2 Å². The Labute approximate surface area is 89.8 Å². The van der Waals surface area contributed by atoms with Crippen LogP contribution in [0.2, 0.25) is 0 Å². The van der Waals surface area contributed by atoms with Crippen molar-refractivity contribution in [3.63, 3.8) is 0 Å². The van der Waals surface area contributed by atoms with Crippen LogP contribution in [0.3, 0.4) is 0 Å². The maximum atomic E-state index is 11.2. The molecule has 0 aromatic carbocycles. The molecule has 0 spiro atoms. The third kappa shape index (κ3) is 1.85. The molecule has 1 rings (SSSR count). The monoisotopic (exact) mass is 266 g/mol. The van der Waals surface area contributed by atoms with Gasteiger partial charge in [0.1, 0.15) is 6.10 Å². The van der Waals surface area contributed by atoms with E-state index in [1.807, 2.05) is 0 Å². The Kier molecular flexibility index (Phi) is 3.77. The van der Waals surface area contributed by atoms with Gasteiger partial charge in [0.05, 0.1) is 14.2 Å². The maximum Gasteiger partial charge on any atom is 0.378 e. The second-order valence-corrected chi connectivity index (χ2v) is 3.30. The Balaban J connectivity index is 2.92. The summed E-state index contributed by atoms with van der Waals surface area (Å²) in [7, 11) is 2.74. The lowest BCUT2D eigenvalue weighted by Crippen LogP contribution is -2.30. The van der Waals surface area contributed by atoms with Crippen LogP contribution < -0.4 is 0 Å². The van der Waals surface area contributed by atoms with Gasteiger partial charge in [-0.3, -0.25) is 0 Å². The molecule has 2 atom stereocenters. The van der Waals surface area contributed by atoms with Crippen LogP contribution in [-0.4, -0.2) is 42.8 Å². The summed E-state index contributed by atoms with van der Waals surface area (Å²) >= 11 is 3.08. The highest BCUT2D eigenvalue weighted by Gasteiger charge is 2.40. The van der Waals surface area contributed by atoms with Crippen molar-refractivity contribution in [2.75, 3.05) is 19.5 Å². The van der Waals surface area contributed by atoms with Gasteiger partial charge in [-0.1, -0.05) is 15.9 Å². The number of esters is 1. The summed E-state index contributed by atoms with van der Waals surface area (Å²) < 4.78 is 14.6. The lowest BCUT2D eigenvalue weighted by atomic mass is 10.2. The maximum absolute atomic E-state index is 11.2. The van der Waals surface area contributed by atoms with Gasteiger partial charge in [-0.05, 0) is 0 Å². The zero-order valence-corrected chi connectivity index (χ0v) is 9.41. The lowest BCUT2D eigenvalue weighted by Gasteiger charge is -2.16. The summed E-state index contributed by atoms with van der Waals surface area (Å²) in [5.74, 6) is -0.378. The van der Waals surface area contributed by atoms with E-state index in [4.69, 9.17) is 14.2 Å². The number of cyclic esters (lactones) is 1. The number of rotatable bonds is 4. The van der Waals surface area contributed by atoms with Gasteiger partial charge in [-0.25, -0.2) is 4.79 Å². The number of alkyl halides is 1.